The summed E-state index contributed by atoms with van der Waals surface area (Å²) in [5.41, 5.74) is 2.90. The Morgan fingerprint density at radius 2 is 1.68 bits per heavy atom. The van der Waals surface area contributed by atoms with Gasteiger partial charge in [0.05, 0.1) is 5.75 Å². The molecule has 4 rings (SSSR count). The number of nitrogens with zero attached hydrogens (tertiary/aromatic N) is 1. The standard InChI is InChI=1S/C27H24F3N3O3S/c1-18-6-2-3-7-21(18)26(35)31-14-15-33-16-24(22-8-4-5-9-23(22)33)37-17-25(34)32-19-10-12-20(13-11-19)36-27(28,29)30/h2-13,16H,14-15,17H2,1H3,(H,31,35)(H,32,34). The number of benzene rings is 3. The lowest BCUT2D eigenvalue weighted by atomic mass is 10.1. The van der Waals surface area contributed by atoms with Crippen LogP contribution >= 0.6 is 11.8 Å². The van der Waals surface area contributed by atoms with Crippen LogP contribution in [0.25, 0.3) is 10.9 Å². The average molecular weight is 528 g/mol. The van der Waals surface area contributed by atoms with E-state index in [-0.39, 0.29) is 23.3 Å². The summed E-state index contributed by atoms with van der Waals surface area (Å²) >= 11 is 1.35. The molecule has 0 saturated carbocycles. The molecule has 0 aliphatic rings. The molecule has 10 heteroatoms. The Morgan fingerprint density at radius 1 is 0.973 bits per heavy atom. The van der Waals surface area contributed by atoms with Crippen molar-refractivity contribution >= 4 is 40.2 Å². The van der Waals surface area contributed by atoms with Gasteiger partial charge in [-0.25, -0.2) is 0 Å². The lowest BCUT2D eigenvalue weighted by molar-refractivity contribution is -0.274. The molecule has 4 aromatic rings. The average Bonchev–Trinajstić information content (AvgIpc) is 3.21. The fourth-order valence-electron chi connectivity index (χ4n) is 3.81. The summed E-state index contributed by atoms with van der Waals surface area (Å²) in [4.78, 5) is 25.9. The molecule has 2 N–H and O–H groups in total. The lowest BCUT2D eigenvalue weighted by Crippen LogP contribution is -2.27. The number of ether oxygens (including phenoxy) is 1. The summed E-state index contributed by atoms with van der Waals surface area (Å²) in [5.74, 6) is -0.669. The highest BCUT2D eigenvalue weighted by atomic mass is 32.2. The summed E-state index contributed by atoms with van der Waals surface area (Å²) in [6.45, 7) is 2.88. The Morgan fingerprint density at radius 3 is 2.41 bits per heavy atom. The van der Waals surface area contributed by atoms with E-state index in [1.165, 1.54) is 23.9 Å². The van der Waals surface area contributed by atoms with Gasteiger partial charge in [0.15, 0.2) is 0 Å². The van der Waals surface area contributed by atoms with Gasteiger partial charge in [0.1, 0.15) is 5.75 Å². The van der Waals surface area contributed by atoms with Gasteiger partial charge < -0.3 is 19.9 Å². The zero-order valence-corrected chi connectivity index (χ0v) is 20.7. The summed E-state index contributed by atoms with van der Waals surface area (Å²) in [5, 5.41) is 6.61. The summed E-state index contributed by atoms with van der Waals surface area (Å²) < 4.78 is 42.8. The first kappa shape index (κ1) is 26.2. The van der Waals surface area contributed by atoms with Crippen LogP contribution in [0.4, 0.5) is 18.9 Å². The number of fused-ring (bicyclic) bond motifs is 1. The second-order valence-corrected chi connectivity index (χ2v) is 9.20. The number of nitrogens with one attached hydrogen (secondary N) is 2. The molecule has 0 radical (unpaired) electrons. The van der Waals surface area contributed by atoms with E-state index < -0.39 is 6.36 Å². The van der Waals surface area contributed by atoms with Crippen LogP contribution in [0.2, 0.25) is 0 Å². The van der Waals surface area contributed by atoms with E-state index in [9.17, 15) is 22.8 Å². The first-order valence-corrected chi connectivity index (χ1v) is 12.4. The number of hydrogen-bond donors (Lipinski definition) is 2. The monoisotopic (exact) mass is 527 g/mol. The van der Waals surface area contributed by atoms with Crippen molar-refractivity contribution in [2.45, 2.75) is 24.7 Å². The minimum absolute atomic E-state index is 0.110. The highest BCUT2D eigenvalue weighted by molar-refractivity contribution is 8.00. The number of para-hydroxylation sites is 1. The Balaban J connectivity index is 1.35. The fraction of sp³-hybridized carbons (Fsp3) is 0.185. The van der Waals surface area contributed by atoms with Crippen LogP contribution in [0.3, 0.4) is 0 Å². The van der Waals surface area contributed by atoms with Gasteiger partial charge in [0, 0.05) is 46.3 Å². The molecule has 0 aliphatic carbocycles. The quantitative estimate of drug-likeness (QED) is 0.262. The van der Waals surface area contributed by atoms with Crippen LogP contribution in [-0.2, 0) is 11.3 Å². The van der Waals surface area contributed by atoms with Gasteiger partial charge in [0.25, 0.3) is 5.91 Å². The van der Waals surface area contributed by atoms with E-state index >= 15 is 0 Å². The minimum Gasteiger partial charge on any atom is -0.406 e. The number of carbonyl (C=O) groups excluding carboxylic acids is 2. The van der Waals surface area contributed by atoms with Crippen molar-refractivity contribution in [3.8, 4) is 5.75 Å². The summed E-state index contributed by atoms with van der Waals surface area (Å²) in [7, 11) is 0. The van der Waals surface area contributed by atoms with Gasteiger partial charge >= 0.3 is 6.36 Å². The maximum absolute atomic E-state index is 12.5. The number of aryl methyl sites for hydroxylation is 1. The minimum atomic E-state index is -4.77. The highest BCUT2D eigenvalue weighted by Gasteiger charge is 2.31. The Hall–Kier alpha value is -3.92. The Bertz CT molecular complexity index is 1400. The van der Waals surface area contributed by atoms with Crippen LogP contribution < -0.4 is 15.4 Å². The van der Waals surface area contributed by atoms with Crippen molar-refractivity contribution in [1.82, 2.24) is 9.88 Å². The third kappa shape index (κ3) is 7.07. The molecule has 1 heterocycles. The van der Waals surface area contributed by atoms with Gasteiger partial charge in [0.2, 0.25) is 5.91 Å². The molecule has 6 nitrogen and oxygen atoms in total. The van der Waals surface area contributed by atoms with Crippen LogP contribution in [0.1, 0.15) is 15.9 Å². The van der Waals surface area contributed by atoms with Crippen molar-refractivity contribution in [2.75, 3.05) is 17.6 Å². The number of carbonyl (C=O) groups is 2. The predicted octanol–water partition coefficient (Wildman–Crippen LogP) is 6.01. The van der Waals surface area contributed by atoms with Gasteiger partial charge in [-0.1, -0.05) is 36.4 Å². The number of thioether (sulfide) groups is 1. The molecule has 37 heavy (non-hydrogen) atoms. The van der Waals surface area contributed by atoms with Crippen LogP contribution in [0, 0.1) is 6.92 Å². The molecule has 0 aliphatic heterocycles. The van der Waals surface area contributed by atoms with E-state index in [1.54, 1.807) is 6.07 Å². The summed E-state index contributed by atoms with van der Waals surface area (Å²) in [6.07, 6.45) is -2.82. The first-order chi connectivity index (χ1) is 17.7. The maximum Gasteiger partial charge on any atom is 0.573 e. The second kappa shape index (κ2) is 11.4. The smallest absolute Gasteiger partial charge is 0.406 e. The third-order valence-corrected chi connectivity index (χ3v) is 6.55. The molecule has 0 atom stereocenters. The topological polar surface area (TPSA) is 72.4 Å². The second-order valence-electron chi connectivity index (χ2n) is 8.18. The molecular weight excluding hydrogens is 503 g/mol. The number of amides is 2. The fourth-order valence-corrected chi connectivity index (χ4v) is 4.69. The predicted molar refractivity (Wildman–Crippen MR) is 138 cm³/mol. The molecule has 3 aromatic carbocycles. The third-order valence-electron chi connectivity index (χ3n) is 5.51. The van der Waals surface area contributed by atoms with Crippen LogP contribution in [0.5, 0.6) is 5.75 Å². The van der Waals surface area contributed by atoms with Crippen molar-refractivity contribution in [2.24, 2.45) is 0 Å². The van der Waals surface area contributed by atoms with Gasteiger partial charge in [-0.15, -0.1) is 24.9 Å². The highest BCUT2D eigenvalue weighted by Crippen LogP contribution is 2.30. The first-order valence-electron chi connectivity index (χ1n) is 11.4. The number of halogens is 3. The molecule has 0 fully saturated rings. The lowest BCUT2D eigenvalue weighted by Gasteiger charge is -2.10. The number of hydrogen-bond acceptors (Lipinski definition) is 4. The maximum atomic E-state index is 12.5. The zero-order valence-electron chi connectivity index (χ0n) is 19.8. The zero-order chi connectivity index (χ0) is 26.4. The molecule has 0 bridgehead atoms. The molecule has 2 amide bonds. The Kier molecular flexibility index (Phi) is 8.08. The van der Waals surface area contributed by atoms with Crippen molar-refractivity contribution in [1.29, 1.82) is 0 Å². The number of aromatic nitrogens is 1. The van der Waals surface area contributed by atoms with E-state index in [1.807, 2.05) is 60.2 Å². The largest absolute Gasteiger partial charge is 0.573 e. The number of rotatable bonds is 9. The van der Waals surface area contributed by atoms with Crippen molar-refractivity contribution in [3.63, 3.8) is 0 Å². The SMILES string of the molecule is Cc1ccccc1C(=O)NCCn1cc(SCC(=O)Nc2ccc(OC(F)(F)F)cc2)c2ccccc21. The van der Waals surface area contributed by atoms with Crippen molar-refractivity contribution in [3.05, 3.63) is 90.1 Å². The van der Waals surface area contributed by atoms with Gasteiger partial charge in [-0.05, 0) is 48.9 Å². The van der Waals surface area contributed by atoms with Gasteiger partial charge in [-0.3, -0.25) is 9.59 Å². The number of alkyl halides is 3. The Labute approximate surface area is 215 Å². The van der Waals surface area contributed by atoms with E-state index in [4.69, 9.17) is 0 Å². The molecule has 0 spiro atoms. The van der Waals surface area contributed by atoms with E-state index in [0.29, 0.717) is 24.3 Å². The van der Waals surface area contributed by atoms with Crippen LogP contribution in [0.15, 0.2) is 83.9 Å². The van der Waals surface area contributed by atoms with Gasteiger partial charge in [-0.2, -0.15) is 0 Å². The molecule has 192 valence electrons. The molecule has 0 unspecified atom stereocenters. The number of anilines is 1. The van der Waals surface area contributed by atoms with E-state index in [0.717, 1.165) is 33.5 Å². The molecular formula is C27H24F3N3O3S. The molecule has 0 saturated heterocycles. The molecule has 1 aromatic heterocycles. The normalized spacial score (nSPS) is 11.4. The van der Waals surface area contributed by atoms with Crippen LogP contribution in [-0.4, -0.2) is 35.0 Å². The van der Waals surface area contributed by atoms with E-state index in [2.05, 4.69) is 15.4 Å². The van der Waals surface area contributed by atoms with Crippen molar-refractivity contribution < 1.29 is 27.5 Å². The summed E-state index contributed by atoms with van der Waals surface area (Å²) in [6, 6.07) is 20.2.